The van der Waals surface area contributed by atoms with Gasteiger partial charge in [0.05, 0.1) is 20.8 Å². The molecule has 0 fully saturated rings. The number of halogens is 1. The van der Waals surface area contributed by atoms with Crippen molar-refractivity contribution in [2.45, 2.75) is 12.8 Å². The number of nitrogens with one attached hydrogen (secondary N) is 1. The molecule has 2 aromatic rings. The smallest absolute Gasteiger partial charge is 0.220 e. The van der Waals surface area contributed by atoms with Crippen LogP contribution in [0.5, 0.6) is 17.2 Å². The van der Waals surface area contributed by atoms with Gasteiger partial charge in [-0.25, -0.2) is 0 Å². The lowest BCUT2D eigenvalue weighted by Crippen LogP contribution is -2.28. The molecule has 0 unspecified atom stereocenters. The number of rotatable bonds is 9. The molecule has 0 spiro atoms. The number of carbonyl (C=O) groups excluding carboxylic acids is 1. The van der Waals surface area contributed by atoms with E-state index in [1.807, 2.05) is 42.5 Å². The Labute approximate surface area is 156 Å². The molecule has 0 saturated heterocycles. The van der Waals surface area contributed by atoms with E-state index in [2.05, 4.69) is 21.2 Å². The van der Waals surface area contributed by atoms with Crippen LogP contribution in [0.1, 0.15) is 12.0 Å². The second kappa shape index (κ2) is 9.93. The van der Waals surface area contributed by atoms with Crippen LogP contribution in [0.2, 0.25) is 0 Å². The van der Waals surface area contributed by atoms with Gasteiger partial charge in [-0.3, -0.25) is 4.79 Å². The van der Waals surface area contributed by atoms with Crippen molar-refractivity contribution in [1.29, 1.82) is 0 Å². The van der Waals surface area contributed by atoms with E-state index >= 15 is 0 Å². The maximum Gasteiger partial charge on any atom is 0.220 e. The van der Waals surface area contributed by atoms with E-state index in [0.29, 0.717) is 37.5 Å². The highest BCUT2D eigenvalue weighted by Gasteiger charge is 2.07. The van der Waals surface area contributed by atoms with Gasteiger partial charge in [0.2, 0.25) is 5.91 Å². The van der Waals surface area contributed by atoms with E-state index in [9.17, 15) is 4.79 Å². The number of benzene rings is 2. The second-order valence-electron chi connectivity index (χ2n) is 5.35. The first kappa shape index (κ1) is 19.1. The van der Waals surface area contributed by atoms with Crippen molar-refractivity contribution < 1.29 is 19.0 Å². The van der Waals surface area contributed by atoms with Crippen molar-refractivity contribution in [1.82, 2.24) is 5.32 Å². The fraction of sp³-hybridized carbons (Fsp3) is 0.316. The van der Waals surface area contributed by atoms with Gasteiger partial charge in [-0.1, -0.05) is 28.1 Å². The zero-order valence-electron chi connectivity index (χ0n) is 14.4. The van der Waals surface area contributed by atoms with E-state index < -0.39 is 0 Å². The van der Waals surface area contributed by atoms with Crippen LogP contribution in [0.4, 0.5) is 0 Å². The monoisotopic (exact) mass is 407 g/mol. The molecule has 6 heteroatoms. The Morgan fingerprint density at radius 1 is 1.08 bits per heavy atom. The van der Waals surface area contributed by atoms with E-state index in [4.69, 9.17) is 14.2 Å². The SMILES string of the molecule is COc1ccc(CCC(=O)NCCOc2cccc(Br)c2)cc1OC. The van der Waals surface area contributed by atoms with Crippen molar-refractivity contribution in [3.63, 3.8) is 0 Å². The number of amides is 1. The summed E-state index contributed by atoms with van der Waals surface area (Å²) in [5, 5.41) is 2.86. The predicted octanol–water partition coefficient (Wildman–Crippen LogP) is 3.59. The molecule has 2 rings (SSSR count). The summed E-state index contributed by atoms with van der Waals surface area (Å²) in [5.41, 5.74) is 1.03. The van der Waals surface area contributed by atoms with Crippen LogP contribution in [0, 0.1) is 0 Å². The van der Waals surface area contributed by atoms with Crippen molar-refractivity contribution in [2.75, 3.05) is 27.4 Å². The van der Waals surface area contributed by atoms with Crippen LogP contribution in [0.15, 0.2) is 46.9 Å². The van der Waals surface area contributed by atoms with Crippen molar-refractivity contribution >= 4 is 21.8 Å². The van der Waals surface area contributed by atoms with Crippen molar-refractivity contribution in [3.05, 3.63) is 52.5 Å². The summed E-state index contributed by atoms with van der Waals surface area (Å²) in [7, 11) is 3.20. The molecule has 1 N–H and O–H groups in total. The van der Waals surface area contributed by atoms with Gasteiger partial charge in [-0.15, -0.1) is 0 Å². The summed E-state index contributed by atoms with van der Waals surface area (Å²) >= 11 is 3.39. The largest absolute Gasteiger partial charge is 0.493 e. The van der Waals surface area contributed by atoms with Gasteiger partial charge in [-0.05, 0) is 42.3 Å². The van der Waals surface area contributed by atoms with Gasteiger partial charge in [0.1, 0.15) is 12.4 Å². The number of carbonyl (C=O) groups is 1. The van der Waals surface area contributed by atoms with Crippen LogP contribution < -0.4 is 19.5 Å². The Kier molecular flexibility index (Phi) is 7.60. The normalized spacial score (nSPS) is 10.2. The van der Waals surface area contributed by atoms with E-state index in [-0.39, 0.29) is 5.91 Å². The summed E-state index contributed by atoms with van der Waals surface area (Å²) < 4.78 is 17.0. The zero-order valence-corrected chi connectivity index (χ0v) is 16.0. The van der Waals surface area contributed by atoms with Crippen molar-refractivity contribution in [3.8, 4) is 17.2 Å². The summed E-state index contributed by atoms with van der Waals surface area (Å²) in [6, 6.07) is 13.3. The standard InChI is InChI=1S/C19H22BrNO4/c1-23-17-8-6-14(12-18(17)24-2)7-9-19(22)21-10-11-25-16-5-3-4-15(20)13-16/h3-6,8,12-13H,7,9-11H2,1-2H3,(H,21,22). The molecule has 1 amide bonds. The molecule has 0 aromatic heterocycles. The fourth-order valence-electron chi connectivity index (χ4n) is 2.30. The van der Waals surface area contributed by atoms with Gasteiger partial charge in [0, 0.05) is 10.9 Å². The summed E-state index contributed by atoms with van der Waals surface area (Å²) in [6.45, 7) is 0.899. The Balaban J connectivity index is 1.70. The minimum Gasteiger partial charge on any atom is -0.493 e. The molecule has 0 aliphatic carbocycles. The van der Waals surface area contributed by atoms with Gasteiger partial charge in [0.25, 0.3) is 0 Å². The molecule has 25 heavy (non-hydrogen) atoms. The lowest BCUT2D eigenvalue weighted by atomic mass is 10.1. The molecular weight excluding hydrogens is 386 g/mol. The van der Waals surface area contributed by atoms with E-state index in [1.165, 1.54) is 0 Å². The van der Waals surface area contributed by atoms with Crippen LogP contribution >= 0.6 is 15.9 Å². The minimum absolute atomic E-state index is 0.00683. The van der Waals surface area contributed by atoms with E-state index in [0.717, 1.165) is 15.8 Å². The fourth-order valence-corrected chi connectivity index (χ4v) is 2.68. The van der Waals surface area contributed by atoms with Gasteiger partial charge < -0.3 is 19.5 Å². The number of aryl methyl sites for hydroxylation is 1. The topological polar surface area (TPSA) is 56.8 Å². The summed E-state index contributed by atoms with van der Waals surface area (Å²) in [4.78, 5) is 11.9. The molecule has 0 atom stereocenters. The highest BCUT2D eigenvalue weighted by Crippen LogP contribution is 2.27. The number of hydrogen-bond acceptors (Lipinski definition) is 4. The molecule has 5 nitrogen and oxygen atoms in total. The second-order valence-corrected chi connectivity index (χ2v) is 6.26. The van der Waals surface area contributed by atoms with Gasteiger partial charge in [0.15, 0.2) is 11.5 Å². The molecule has 2 aromatic carbocycles. The molecule has 0 saturated carbocycles. The first-order valence-corrected chi connectivity index (χ1v) is 8.77. The minimum atomic E-state index is -0.00683. The quantitative estimate of drug-likeness (QED) is 0.645. The Bertz CT molecular complexity index is 706. The Morgan fingerprint density at radius 2 is 1.88 bits per heavy atom. The number of methoxy groups -OCH3 is 2. The molecule has 0 heterocycles. The molecule has 0 aliphatic rings. The first-order valence-electron chi connectivity index (χ1n) is 7.98. The lowest BCUT2D eigenvalue weighted by molar-refractivity contribution is -0.121. The Hall–Kier alpha value is -2.21. The average molecular weight is 408 g/mol. The molecular formula is C19H22BrNO4. The predicted molar refractivity (Wildman–Crippen MR) is 101 cm³/mol. The lowest BCUT2D eigenvalue weighted by Gasteiger charge is -2.10. The summed E-state index contributed by atoms with van der Waals surface area (Å²) in [6.07, 6.45) is 1.05. The summed E-state index contributed by atoms with van der Waals surface area (Å²) in [5.74, 6) is 2.12. The Morgan fingerprint density at radius 3 is 2.60 bits per heavy atom. The maximum absolute atomic E-state index is 11.9. The van der Waals surface area contributed by atoms with Gasteiger partial charge >= 0.3 is 0 Å². The highest BCUT2D eigenvalue weighted by molar-refractivity contribution is 9.10. The molecule has 0 bridgehead atoms. The molecule has 0 aliphatic heterocycles. The third-order valence-electron chi connectivity index (χ3n) is 3.58. The van der Waals surface area contributed by atoms with Crippen LogP contribution in [0.25, 0.3) is 0 Å². The zero-order chi connectivity index (χ0) is 18.1. The first-order chi connectivity index (χ1) is 12.1. The van der Waals surface area contributed by atoms with E-state index in [1.54, 1.807) is 14.2 Å². The highest BCUT2D eigenvalue weighted by atomic mass is 79.9. The molecule has 134 valence electrons. The maximum atomic E-state index is 11.9. The van der Waals surface area contributed by atoms with Crippen LogP contribution in [-0.2, 0) is 11.2 Å². The van der Waals surface area contributed by atoms with Crippen LogP contribution in [-0.4, -0.2) is 33.3 Å². The van der Waals surface area contributed by atoms with Crippen molar-refractivity contribution in [2.24, 2.45) is 0 Å². The third-order valence-corrected chi connectivity index (χ3v) is 4.07. The van der Waals surface area contributed by atoms with Gasteiger partial charge in [-0.2, -0.15) is 0 Å². The molecule has 0 radical (unpaired) electrons. The van der Waals surface area contributed by atoms with Crippen LogP contribution in [0.3, 0.4) is 0 Å². The third kappa shape index (κ3) is 6.31. The number of ether oxygens (including phenoxy) is 3. The average Bonchev–Trinajstić information content (AvgIpc) is 2.63. The number of hydrogen-bond donors (Lipinski definition) is 1.